The van der Waals surface area contributed by atoms with E-state index in [1.807, 2.05) is 12.3 Å². The van der Waals surface area contributed by atoms with Gasteiger partial charge in [-0.25, -0.2) is 0 Å². The Balaban J connectivity index is 1.92. The molecule has 0 aromatic carbocycles. The Morgan fingerprint density at radius 1 is 1.57 bits per heavy atom. The SMILES string of the molecule is CC(CC1CCNC1)c1ccccn1. The molecular formula is C12H18N2. The van der Waals surface area contributed by atoms with Crippen LogP contribution in [0.5, 0.6) is 0 Å². The summed E-state index contributed by atoms with van der Waals surface area (Å²) in [6, 6.07) is 6.19. The quantitative estimate of drug-likeness (QED) is 0.790. The fourth-order valence-corrected chi connectivity index (χ4v) is 2.20. The number of rotatable bonds is 3. The van der Waals surface area contributed by atoms with Crippen LogP contribution in [0.2, 0.25) is 0 Å². The third-order valence-electron chi connectivity index (χ3n) is 3.04. The van der Waals surface area contributed by atoms with E-state index in [4.69, 9.17) is 0 Å². The summed E-state index contributed by atoms with van der Waals surface area (Å²) in [7, 11) is 0. The third kappa shape index (κ3) is 2.32. The molecule has 0 radical (unpaired) electrons. The normalized spacial score (nSPS) is 23.6. The Bertz CT molecular complexity index is 265. The van der Waals surface area contributed by atoms with Crippen molar-refractivity contribution in [2.45, 2.75) is 25.7 Å². The predicted octanol–water partition coefficient (Wildman–Crippen LogP) is 2.18. The lowest BCUT2D eigenvalue weighted by Crippen LogP contribution is -2.11. The summed E-state index contributed by atoms with van der Waals surface area (Å²) in [6.45, 7) is 4.66. The summed E-state index contributed by atoms with van der Waals surface area (Å²) in [6.07, 6.45) is 4.49. The number of aromatic nitrogens is 1. The third-order valence-corrected chi connectivity index (χ3v) is 3.04. The van der Waals surface area contributed by atoms with Gasteiger partial charge in [0.1, 0.15) is 0 Å². The molecule has 2 atom stereocenters. The molecule has 2 rings (SSSR count). The molecular weight excluding hydrogens is 172 g/mol. The van der Waals surface area contributed by atoms with Crippen LogP contribution in [-0.4, -0.2) is 18.1 Å². The van der Waals surface area contributed by atoms with Gasteiger partial charge in [0.25, 0.3) is 0 Å². The molecule has 1 N–H and O–H groups in total. The Hall–Kier alpha value is -0.890. The highest BCUT2D eigenvalue weighted by atomic mass is 14.9. The fraction of sp³-hybridized carbons (Fsp3) is 0.583. The van der Waals surface area contributed by atoms with Gasteiger partial charge in [-0.2, -0.15) is 0 Å². The van der Waals surface area contributed by atoms with Crippen LogP contribution in [-0.2, 0) is 0 Å². The molecule has 2 unspecified atom stereocenters. The maximum absolute atomic E-state index is 4.40. The molecule has 14 heavy (non-hydrogen) atoms. The zero-order chi connectivity index (χ0) is 9.80. The summed E-state index contributed by atoms with van der Waals surface area (Å²) in [4.78, 5) is 4.40. The largest absolute Gasteiger partial charge is 0.316 e. The van der Waals surface area contributed by atoms with Gasteiger partial charge in [-0.15, -0.1) is 0 Å². The van der Waals surface area contributed by atoms with E-state index in [9.17, 15) is 0 Å². The van der Waals surface area contributed by atoms with Gasteiger partial charge in [-0.1, -0.05) is 13.0 Å². The minimum absolute atomic E-state index is 0.598. The number of nitrogens with one attached hydrogen (secondary N) is 1. The molecule has 1 fully saturated rings. The first kappa shape index (κ1) is 9.66. The van der Waals surface area contributed by atoms with Crippen molar-refractivity contribution >= 4 is 0 Å². The van der Waals surface area contributed by atoms with Crippen molar-refractivity contribution in [2.24, 2.45) is 5.92 Å². The van der Waals surface area contributed by atoms with Crippen molar-refractivity contribution in [3.63, 3.8) is 0 Å². The second-order valence-electron chi connectivity index (χ2n) is 4.25. The maximum Gasteiger partial charge on any atom is 0.0431 e. The van der Waals surface area contributed by atoms with Crippen LogP contribution in [0.1, 0.15) is 31.4 Å². The molecule has 76 valence electrons. The van der Waals surface area contributed by atoms with Gasteiger partial charge >= 0.3 is 0 Å². The van der Waals surface area contributed by atoms with Crippen LogP contribution in [0, 0.1) is 5.92 Å². The standard InChI is InChI=1S/C12H18N2/c1-10(8-11-5-7-13-9-11)12-4-2-3-6-14-12/h2-4,6,10-11,13H,5,7-9H2,1H3. The van der Waals surface area contributed by atoms with Crippen LogP contribution in [0.4, 0.5) is 0 Å². The molecule has 0 amide bonds. The van der Waals surface area contributed by atoms with Gasteiger partial charge in [-0.3, -0.25) is 4.98 Å². The van der Waals surface area contributed by atoms with Gasteiger partial charge in [-0.05, 0) is 49.9 Å². The molecule has 0 bridgehead atoms. The minimum Gasteiger partial charge on any atom is -0.316 e. The Kier molecular flexibility index (Phi) is 3.14. The molecule has 1 aromatic heterocycles. The summed E-state index contributed by atoms with van der Waals surface area (Å²) in [5, 5.41) is 3.41. The predicted molar refractivity (Wildman–Crippen MR) is 58.2 cm³/mol. The molecule has 1 saturated heterocycles. The molecule has 2 heteroatoms. The summed E-state index contributed by atoms with van der Waals surface area (Å²) >= 11 is 0. The molecule has 0 saturated carbocycles. The van der Waals surface area contributed by atoms with Crippen LogP contribution in [0.15, 0.2) is 24.4 Å². The lowest BCUT2D eigenvalue weighted by Gasteiger charge is -2.14. The van der Waals surface area contributed by atoms with E-state index in [1.165, 1.54) is 31.6 Å². The highest BCUT2D eigenvalue weighted by Crippen LogP contribution is 2.24. The van der Waals surface area contributed by atoms with Crippen molar-refractivity contribution in [1.82, 2.24) is 10.3 Å². The average Bonchev–Trinajstić information content (AvgIpc) is 2.72. The first-order chi connectivity index (χ1) is 6.86. The second kappa shape index (κ2) is 4.56. The van der Waals surface area contributed by atoms with Gasteiger partial charge in [0, 0.05) is 11.9 Å². The summed E-state index contributed by atoms with van der Waals surface area (Å²) < 4.78 is 0. The topological polar surface area (TPSA) is 24.9 Å². The molecule has 0 spiro atoms. The van der Waals surface area contributed by atoms with Crippen molar-refractivity contribution in [2.75, 3.05) is 13.1 Å². The number of hydrogen-bond acceptors (Lipinski definition) is 2. The van der Waals surface area contributed by atoms with Gasteiger partial charge in [0.2, 0.25) is 0 Å². The Morgan fingerprint density at radius 3 is 3.14 bits per heavy atom. The first-order valence-corrected chi connectivity index (χ1v) is 5.48. The molecule has 1 aromatic rings. The van der Waals surface area contributed by atoms with Crippen molar-refractivity contribution < 1.29 is 0 Å². The average molecular weight is 190 g/mol. The molecule has 0 aliphatic carbocycles. The fourth-order valence-electron chi connectivity index (χ4n) is 2.20. The zero-order valence-corrected chi connectivity index (χ0v) is 8.74. The van der Waals surface area contributed by atoms with E-state index in [2.05, 4.69) is 29.4 Å². The van der Waals surface area contributed by atoms with E-state index in [1.54, 1.807) is 0 Å². The Labute approximate surface area is 85.7 Å². The number of hydrogen-bond donors (Lipinski definition) is 1. The van der Waals surface area contributed by atoms with E-state index >= 15 is 0 Å². The Morgan fingerprint density at radius 2 is 2.50 bits per heavy atom. The van der Waals surface area contributed by atoms with Crippen LogP contribution < -0.4 is 5.32 Å². The van der Waals surface area contributed by atoms with E-state index in [0.29, 0.717) is 5.92 Å². The van der Waals surface area contributed by atoms with Crippen LogP contribution in [0.3, 0.4) is 0 Å². The van der Waals surface area contributed by atoms with Crippen molar-refractivity contribution in [3.05, 3.63) is 30.1 Å². The number of nitrogens with zero attached hydrogens (tertiary/aromatic N) is 1. The van der Waals surface area contributed by atoms with Crippen LogP contribution >= 0.6 is 0 Å². The van der Waals surface area contributed by atoms with E-state index < -0.39 is 0 Å². The summed E-state index contributed by atoms with van der Waals surface area (Å²) in [5.41, 5.74) is 1.24. The zero-order valence-electron chi connectivity index (χ0n) is 8.74. The van der Waals surface area contributed by atoms with Crippen molar-refractivity contribution in [1.29, 1.82) is 0 Å². The second-order valence-corrected chi connectivity index (χ2v) is 4.25. The molecule has 2 heterocycles. The van der Waals surface area contributed by atoms with Gasteiger partial charge < -0.3 is 5.32 Å². The maximum atomic E-state index is 4.40. The lowest BCUT2D eigenvalue weighted by molar-refractivity contribution is 0.478. The molecule has 2 nitrogen and oxygen atoms in total. The molecule has 1 aliphatic heterocycles. The smallest absolute Gasteiger partial charge is 0.0431 e. The van der Waals surface area contributed by atoms with Gasteiger partial charge in [0.05, 0.1) is 0 Å². The lowest BCUT2D eigenvalue weighted by atomic mass is 9.92. The number of pyridine rings is 1. The first-order valence-electron chi connectivity index (χ1n) is 5.48. The molecule has 1 aliphatic rings. The summed E-state index contributed by atoms with van der Waals surface area (Å²) in [5.74, 6) is 1.45. The monoisotopic (exact) mass is 190 g/mol. The highest BCUT2D eigenvalue weighted by molar-refractivity contribution is 5.08. The minimum atomic E-state index is 0.598. The van der Waals surface area contributed by atoms with Crippen LogP contribution in [0.25, 0.3) is 0 Å². The van der Waals surface area contributed by atoms with E-state index in [-0.39, 0.29) is 0 Å². The van der Waals surface area contributed by atoms with Crippen molar-refractivity contribution in [3.8, 4) is 0 Å². The van der Waals surface area contributed by atoms with E-state index in [0.717, 1.165) is 5.92 Å². The van der Waals surface area contributed by atoms with Gasteiger partial charge in [0.15, 0.2) is 0 Å². The highest BCUT2D eigenvalue weighted by Gasteiger charge is 2.18.